The van der Waals surface area contributed by atoms with Gasteiger partial charge in [0.2, 0.25) is 11.8 Å². The number of rotatable bonds is 6. The Balaban J connectivity index is 1.34. The van der Waals surface area contributed by atoms with Crippen molar-refractivity contribution < 1.29 is 9.59 Å². The highest BCUT2D eigenvalue weighted by atomic mass is 16.2. The second-order valence-electron chi connectivity index (χ2n) is 9.66. The Kier molecular flexibility index (Phi) is 9.29. The Morgan fingerprint density at radius 2 is 1.38 bits per heavy atom. The Bertz CT molecular complexity index is 502. The summed E-state index contributed by atoms with van der Waals surface area (Å²) in [5.41, 5.74) is 0. The molecule has 2 amide bonds. The van der Waals surface area contributed by atoms with Gasteiger partial charge < -0.3 is 10.2 Å². The van der Waals surface area contributed by atoms with E-state index in [9.17, 15) is 9.59 Å². The van der Waals surface area contributed by atoms with E-state index >= 15 is 0 Å². The Hall–Kier alpha value is -1.10. The van der Waals surface area contributed by atoms with E-state index in [1.54, 1.807) is 0 Å². The number of piperazine rings is 1. The molecule has 0 radical (unpaired) electrons. The van der Waals surface area contributed by atoms with Gasteiger partial charge in [0.1, 0.15) is 0 Å². The van der Waals surface area contributed by atoms with Gasteiger partial charge in [-0.1, -0.05) is 64.2 Å². The van der Waals surface area contributed by atoms with Gasteiger partial charge in [-0.2, -0.15) is 0 Å². The SMILES string of the molecule is CC(C(=O)NCCC1CCCCCCC1)N1CCN(C(=O)C2CCCCC2)CC1. The average Bonchev–Trinajstić information content (AvgIpc) is 2.74. The molecule has 0 spiro atoms. The minimum atomic E-state index is -0.0979. The molecule has 1 N–H and O–H groups in total. The van der Waals surface area contributed by atoms with Crippen molar-refractivity contribution in [2.75, 3.05) is 32.7 Å². The van der Waals surface area contributed by atoms with E-state index in [0.717, 1.165) is 57.9 Å². The highest BCUT2D eigenvalue weighted by Crippen LogP contribution is 2.26. The molecule has 5 nitrogen and oxygen atoms in total. The zero-order valence-electron chi connectivity index (χ0n) is 18.7. The first-order chi connectivity index (χ1) is 14.1. The summed E-state index contributed by atoms with van der Waals surface area (Å²) < 4.78 is 0. The van der Waals surface area contributed by atoms with E-state index in [2.05, 4.69) is 10.2 Å². The minimum Gasteiger partial charge on any atom is -0.355 e. The maximum absolute atomic E-state index is 12.7. The van der Waals surface area contributed by atoms with Crippen LogP contribution >= 0.6 is 0 Å². The van der Waals surface area contributed by atoms with Crippen LogP contribution in [0.1, 0.15) is 90.4 Å². The predicted octanol–water partition coefficient (Wildman–Crippen LogP) is 3.97. The van der Waals surface area contributed by atoms with Crippen molar-refractivity contribution in [2.45, 2.75) is 96.4 Å². The van der Waals surface area contributed by atoms with Crippen LogP contribution in [0.4, 0.5) is 0 Å². The van der Waals surface area contributed by atoms with Crippen LogP contribution < -0.4 is 5.32 Å². The molecule has 2 saturated carbocycles. The van der Waals surface area contributed by atoms with Crippen molar-refractivity contribution in [3.05, 3.63) is 0 Å². The number of hydrogen-bond donors (Lipinski definition) is 1. The van der Waals surface area contributed by atoms with Crippen molar-refractivity contribution in [2.24, 2.45) is 11.8 Å². The lowest BCUT2D eigenvalue weighted by molar-refractivity contribution is -0.139. The minimum absolute atomic E-state index is 0.0979. The number of hydrogen-bond acceptors (Lipinski definition) is 3. The van der Waals surface area contributed by atoms with Crippen LogP contribution in [0.5, 0.6) is 0 Å². The topological polar surface area (TPSA) is 52.7 Å². The fourth-order valence-electron chi connectivity index (χ4n) is 5.48. The van der Waals surface area contributed by atoms with E-state index < -0.39 is 0 Å². The van der Waals surface area contributed by atoms with Crippen molar-refractivity contribution in [3.8, 4) is 0 Å². The Morgan fingerprint density at radius 3 is 2.03 bits per heavy atom. The Labute approximate surface area is 178 Å². The molecule has 1 heterocycles. The standard InChI is InChI=1S/C24H43N3O2/c1-20(23(28)25-15-14-21-10-6-3-2-4-7-11-21)26-16-18-27(19-17-26)24(29)22-12-8-5-9-13-22/h20-22H,2-19H2,1H3,(H,25,28). The fraction of sp³-hybridized carbons (Fsp3) is 0.917. The highest BCUT2D eigenvalue weighted by molar-refractivity contribution is 5.81. The number of nitrogens with one attached hydrogen (secondary N) is 1. The zero-order chi connectivity index (χ0) is 20.5. The lowest BCUT2D eigenvalue weighted by Gasteiger charge is -2.39. The molecule has 0 aromatic rings. The molecule has 1 saturated heterocycles. The van der Waals surface area contributed by atoms with Gasteiger partial charge in [-0.3, -0.25) is 14.5 Å². The lowest BCUT2D eigenvalue weighted by Crippen LogP contribution is -2.55. The van der Waals surface area contributed by atoms with Gasteiger partial charge in [-0.25, -0.2) is 0 Å². The van der Waals surface area contributed by atoms with Crippen molar-refractivity contribution in [1.82, 2.24) is 15.1 Å². The average molecular weight is 406 g/mol. The summed E-state index contributed by atoms with van der Waals surface area (Å²) in [6, 6.07) is -0.0979. The molecular formula is C24H43N3O2. The third-order valence-corrected chi connectivity index (χ3v) is 7.58. The van der Waals surface area contributed by atoms with Gasteiger partial charge in [-0.05, 0) is 32.1 Å². The second-order valence-corrected chi connectivity index (χ2v) is 9.66. The normalized spacial score (nSPS) is 24.5. The quantitative estimate of drug-likeness (QED) is 0.727. The van der Waals surface area contributed by atoms with Crippen LogP contribution in [0.2, 0.25) is 0 Å². The van der Waals surface area contributed by atoms with Crippen LogP contribution in [0.25, 0.3) is 0 Å². The van der Waals surface area contributed by atoms with Gasteiger partial charge in [0.05, 0.1) is 6.04 Å². The summed E-state index contributed by atoms with van der Waals surface area (Å²) in [6.45, 7) is 6.01. The number of carbonyl (C=O) groups is 2. The summed E-state index contributed by atoms with van der Waals surface area (Å²) in [4.78, 5) is 29.7. The maximum atomic E-state index is 12.7. The smallest absolute Gasteiger partial charge is 0.237 e. The highest BCUT2D eigenvalue weighted by Gasteiger charge is 2.31. The summed E-state index contributed by atoms with van der Waals surface area (Å²) in [6.07, 6.45) is 16.5. The molecule has 3 fully saturated rings. The zero-order valence-corrected chi connectivity index (χ0v) is 18.7. The summed E-state index contributed by atoms with van der Waals surface area (Å²) in [5, 5.41) is 3.19. The number of amides is 2. The third kappa shape index (κ3) is 6.97. The molecule has 1 unspecified atom stereocenters. The van der Waals surface area contributed by atoms with E-state index in [1.165, 1.54) is 64.2 Å². The molecule has 0 aromatic carbocycles. The maximum Gasteiger partial charge on any atom is 0.237 e. The molecule has 3 rings (SSSR count). The second kappa shape index (κ2) is 11.9. The van der Waals surface area contributed by atoms with Gasteiger partial charge in [0, 0.05) is 38.6 Å². The van der Waals surface area contributed by atoms with E-state index in [1.807, 2.05) is 11.8 Å². The largest absolute Gasteiger partial charge is 0.355 e. The lowest BCUT2D eigenvalue weighted by atomic mass is 9.88. The van der Waals surface area contributed by atoms with Crippen molar-refractivity contribution in [3.63, 3.8) is 0 Å². The third-order valence-electron chi connectivity index (χ3n) is 7.58. The Morgan fingerprint density at radius 1 is 0.828 bits per heavy atom. The van der Waals surface area contributed by atoms with Gasteiger partial charge in [-0.15, -0.1) is 0 Å². The van der Waals surface area contributed by atoms with Gasteiger partial charge in [0.25, 0.3) is 0 Å². The molecule has 0 bridgehead atoms. The van der Waals surface area contributed by atoms with Crippen molar-refractivity contribution in [1.29, 1.82) is 0 Å². The first-order valence-corrected chi connectivity index (χ1v) is 12.5. The van der Waals surface area contributed by atoms with Crippen LogP contribution in [0.15, 0.2) is 0 Å². The summed E-state index contributed by atoms with van der Waals surface area (Å²) >= 11 is 0. The number of carbonyl (C=O) groups excluding carboxylic acids is 2. The molecular weight excluding hydrogens is 362 g/mol. The summed E-state index contributed by atoms with van der Waals surface area (Å²) in [5.74, 6) is 1.56. The molecule has 5 heteroatoms. The van der Waals surface area contributed by atoms with Crippen molar-refractivity contribution >= 4 is 11.8 Å². The van der Waals surface area contributed by atoms with Crippen LogP contribution in [0, 0.1) is 11.8 Å². The van der Waals surface area contributed by atoms with Crippen LogP contribution in [-0.4, -0.2) is 60.4 Å². The van der Waals surface area contributed by atoms with Gasteiger partial charge in [0.15, 0.2) is 0 Å². The molecule has 29 heavy (non-hydrogen) atoms. The predicted molar refractivity (Wildman–Crippen MR) is 118 cm³/mol. The molecule has 166 valence electrons. The van der Waals surface area contributed by atoms with Crippen LogP contribution in [0.3, 0.4) is 0 Å². The van der Waals surface area contributed by atoms with Gasteiger partial charge >= 0.3 is 0 Å². The molecule has 3 aliphatic rings. The molecule has 1 atom stereocenters. The summed E-state index contributed by atoms with van der Waals surface area (Å²) in [7, 11) is 0. The molecule has 0 aromatic heterocycles. The van der Waals surface area contributed by atoms with E-state index in [4.69, 9.17) is 0 Å². The number of nitrogens with zero attached hydrogens (tertiary/aromatic N) is 2. The van der Waals surface area contributed by atoms with E-state index in [-0.39, 0.29) is 17.9 Å². The van der Waals surface area contributed by atoms with Crippen LogP contribution in [-0.2, 0) is 9.59 Å². The fourth-order valence-corrected chi connectivity index (χ4v) is 5.48. The molecule has 1 aliphatic heterocycles. The van der Waals surface area contributed by atoms with E-state index in [0.29, 0.717) is 5.91 Å². The first-order valence-electron chi connectivity index (χ1n) is 12.5. The monoisotopic (exact) mass is 405 g/mol. The first kappa shape index (κ1) is 22.6. The molecule has 2 aliphatic carbocycles.